The molecule has 0 amide bonds. The molecular formula is C17H22N2O2. The summed E-state index contributed by atoms with van der Waals surface area (Å²) in [5.74, 6) is 0.311. The van der Waals surface area contributed by atoms with Gasteiger partial charge in [0.05, 0.1) is 0 Å². The van der Waals surface area contributed by atoms with Crippen molar-refractivity contribution < 1.29 is 9.52 Å². The summed E-state index contributed by atoms with van der Waals surface area (Å²) in [5, 5.41) is 10.3. The van der Waals surface area contributed by atoms with E-state index in [9.17, 15) is 5.11 Å². The molecule has 4 heteroatoms. The average molecular weight is 286 g/mol. The molecule has 112 valence electrons. The van der Waals surface area contributed by atoms with Gasteiger partial charge >= 0.3 is 0 Å². The Morgan fingerprint density at radius 3 is 2.76 bits per heavy atom. The first-order valence-corrected chi connectivity index (χ1v) is 7.71. The van der Waals surface area contributed by atoms with E-state index in [1.807, 2.05) is 24.3 Å². The molecule has 2 atom stereocenters. The van der Waals surface area contributed by atoms with Crippen molar-refractivity contribution in [1.82, 2.24) is 4.98 Å². The molecule has 1 aromatic carbocycles. The molecule has 1 unspecified atom stereocenters. The third-order valence-corrected chi connectivity index (χ3v) is 4.14. The number of aliphatic hydroxyl groups excluding tert-OH is 1. The second kappa shape index (κ2) is 6.41. The van der Waals surface area contributed by atoms with Gasteiger partial charge in [-0.1, -0.05) is 30.2 Å². The Hall–Kier alpha value is -1.65. The van der Waals surface area contributed by atoms with E-state index in [4.69, 9.17) is 10.2 Å². The van der Waals surface area contributed by atoms with E-state index in [-0.39, 0.29) is 6.04 Å². The minimum absolute atomic E-state index is 0.311. The van der Waals surface area contributed by atoms with Gasteiger partial charge in [-0.2, -0.15) is 0 Å². The van der Waals surface area contributed by atoms with E-state index < -0.39 is 6.10 Å². The van der Waals surface area contributed by atoms with Crippen LogP contribution in [-0.2, 0) is 0 Å². The maximum Gasteiger partial charge on any atom is 0.225 e. The van der Waals surface area contributed by atoms with Crippen LogP contribution in [0.15, 0.2) is 40.3 Å². The van der Waals surface area contributed by atoms with Gasteiger partial charge in [0.2, 0.25) is 5.89 Å². The van der Waals surface area contributed by atoms with E-state index in [0.29, 0.717) is 17.9 Å². The molecule has 1 fully saturated rings. The summed E-state index contributed by atoms with van der Waals surface area (Å²) in [6.07, 6.45) is 8.21. The summed E-state index contributed by atoms with van der Waals surface area (Å²) in [6.45, 7) is 0. The van der Waals surface area contributed by atoms with Crippen LogP contribution in [0, 0.1) is 0 Å². The van der Waals surface area contributed by atoms with E-state index in [1.165, 1.54) is 37.7 Å². The third kappa shape index (κ3) is 3.34. The lowest BCUT2D eigenvalue weighted by molar-refractivity contribution is 0.118. The highest BCUT2D eigenvalue weighted by molar-refractivity contribution is 5.72. The number of aliphatic hydroxyl groups is 1. The van der Waals surface area contributed by atoms with Crippen molar-refractivity contribution in [3.63, 3.8) is 0 Å². The molecule has 0 aliphatic heterocycles. The van der Waals surface area contributed by atoms with Crippen molar-refractivity contribution in [3.8, 4) is 0 Å². The lowest BCUT2D eigenvalue weighted by atomic mass is 9.93. The number of hydrogen-bond acceptors (Lipinski definition) is 4. The standard InChI is InChI=1S/C17H22N2O2/c18-13(11-10-12-6-2-1-3-7-12)16(20)17-19-14-8-4-5-9-15(14)21-17/h4-5,8-10,13,16,20H,1-3,6-7,11,18H2/t13-,16?/m0/s1. The number of rotatable bonds is 4. The Labute approximate surface area is 124 Å². The lowest BCUT2D eigenvalue weighted by Gasteiger charge is -2.17. The SMILES string of the molecule is N[C@@H](CC=C1CCCCC1)C(O)c1nc2ccccc2o1. The number of hydrogen-bond donors (Lipinski definition) is 2. The summed E-state index contributed by atoms with van der Waals surface area (Å²) in [7, 11) is 0. The molecule has 1 aliphatic rings. The number of nitrogens with zero attached hydrogens (tertiary/aromatic N) is 1. The van der Waals surface area contributed by atoms with Crippen molar-refractivity contribution in [2.75, 3.05) is 0 Å². The predicted molar refractivity (Wildman–Crippen MR) is 82.7 cm³/mol. The van der Waals surface area contributed by atoms with Crippen molar-refractivity contribution in [1.29, 1.82) is 0 Å². The van der Waals surface area contributed by atoms with Crippen LogP contribution in [0.3, 0.4) is 0 Å². The van der Waals surface area contributed by atoms with Crippen LogP contribution in [0.2, 0.25) is 0 Å². The highest BCUT2D eigenvalue weighted by atomic mass is 16.4. The number of para-hydroxylation sites is 2. The summed E-state index contributed by atoms with van der Waals surface area (Å²) in [5.41, 5.74) is 9.01. The Kier molecular flexibility index (Phi) is 4.36. The summed E-state index contributed by atoms with van der Waals surface area (Å²) < 4.78 is 5.58. The fourth-order valence-electron chi connectivity index (χ4n) is 2.84. The molecule has 0 bridgehead atoms. The Morgan fingerprint density at radius 1 is 1.24 bits per heavy atom. The predicted octanol–water partition coefficient (Wildman–Crippen LogP) is 3.47. The van der Waals surface area contributed by atoms with E-state index >= 15 is 0 Å². The topological polar surface area (TPSA) is 72.3 Å². The maximum atomic E-state index is 10.3. The molecule has 3 rings (SSSR count). The molecule has 2 aromatic rings. The first-order chi connectivity index (χ1) is 10.2. The smallest absolute Gasteiger partial charge is 0.225 e. The summed E-state index contributed by atoms with van der Waals surface area (Å²) in [6, 6.07) is 7.11. The molecular weight excluding hydrogens is 264 g/mol. The van der Waals surface area contributed by atoms with Gasteiger partial charge < -0.3 is 15.3 Å². The minimum atomic E-state index is -0.863. The number of allylic oxidation sites excluding steroid dienone is 1. The number of oxazole rings is 1. The maximum absolute atomic E-state index is 10.3. The molecule has 0 saturated heterocycles. The largest absolute Gasteiger partial charge is 0.438 e. The summed E-state index contributed by atoms with van der Waals surface area (Å²) in [4.78, 5) is 4.31. The van der Waals surface area contributed by atoms with Crippen molar-refractivity contribution in [2.45, 2.75) is 50.7 Å². The number of aromatic nitrogens is 1. The van der Waals surface area contributed by atoms with Crippen molar-refractivity contribution in [3.05, 3.63) is 41.8 Å². The second-order valence-electron chi connectivity index (χ2n) is 5.79. The zero-order chi connectivity index (χ0) is 14.7. The van der Waals surface area contributed by atoms with Crippen molar-refractivity contribution in [2.24, 2.45) is 5.73 Å². The number of fused-ring (bicyclic) bond motifs is 1. The number of nitrogens with two attached hydrogens (primary N) is 1. The minimum Gasteiger partial charge on any atom is -0.438 e. The molecule has 1 saturated carbocycles. The monoisotopic (exact) mass is 286 g/mol. The van der Waals surface area contributed by atoms with Crippen molar-refractivity contribution >= 4 is 11.1 Å². The van der Waals surface area contributed by atoms with Gasteiger partial charge in [-0.15, -0.1) is 0 Å². The Bertz CT molecular complexity index is 592. The van der Waals surface area contributed by atoms with Crippen LogP contribution in [-0.4, -0.2) is 16.1 Å². The normalized spacial score (nSPS) is 18.7. The zero-order valence-electron chi connectivity index (χ0n) is 12.2. The third-order valence-electron chi connectivity index (χ3n) is 4.14. The molecule has 21 heavy (non-hydrogen) atoms. The van der Waals surface area contributed by atoms with Gasteiger partial charge in [0.25, 0.3) is 0 Å². The van der Waals surface area contributed by atoms with E-state index in [0.717, 1.165) is 5.52 Å². The Balaban J connectivity index is 1.67. The molecule has 3 N–H and O–H groups in total. The molecule has 0 spiro atoms. The van der Waals surface area contributed by atoms with Gasteiger partial charge in [-0.25, -0.2) is 4.98 Å². The van der Waals surface area contributed by atoms with Crippen LogP contribution < -0.4 is 5.73 Å². The quantitative estimate of drug-likeness (QED) is 0.844. The number of benzene rings is 1. The van der Waals surface area contributed by atoms with Crippen LogP contribution in [0.4, 0.5) is 0 Å². The molecule has 0 radical (unpaired) electrons. The van der Waals surface area contributed by atoms with E-state index in [2.05, 4.69) is 11.1 Å². The van der Waals surface area contributed by atoms with Crippen LogP contribution in [0.1, 0.15) is 50.5 Å². The average Bonchev–Trinajstić information content (AvgIpc) is 2.97. The summed E-state index contributed by atoms with van der Waals surface area (Å²) >= 11 is 0. The molecule has 4 nitrogen and oxygen atoms in total. The van der Waals surface area contributed by atoms with Gasteiger partial charge in [0.15, 0.2) is 5.58 Å². The molecule has 1 heterocycles. The second-order valence-corrected chi connectivity index (χ2v) is 5.79. The Morgan fingerprint density at radius 2 is 2.00 bits per heavy atom. The van der Waals surface area contributed by atoms with Gasteiger partial charge in [0, 0.05) is 6.04 Å². The fraction of sp³-hybridized carbons (Fsp3) is 0.471. The van der Waals surface area contributed by atoms with Crippen LogP contribution >= 0.6 is 0 Å². The molecule has 1 aromatic heterocycles. The van der Waals surface area contributed by atoms with Gasteiger partial charge in [0.1, 0.15) is 11.6 Å². The van der Waals surface area contributed by atoms with E-state index in [1.54, 1.807) is 0 Å². The first-order valence-electron chi connectivity index (χ1n) is 7.71. The molecule has 1 aliphatic carbocycles. The fourth-order valence-corrected chi connectivity index (χ4v) is 2.84. The van der Waals surface area contributed by atoms with Crippen LogP contribution in [0.5, 0.6) is 0 Å². The zero-order valence-corrected chi connectivity index (χ0v) is 12.2. The first kappa shape index (κ1) is 14.3. The van der Waals surface area contributed by atoms with Gasteiger partial charge in [-0.3, -0.25) is 0 Å². The lowest BCUT2D eigenvalue weighted by Crippen LogP contribution is -2.28. The highest BCUT2D eigenvalue weighted by Crippen LogP contribution is 2.26. The van der Waals surface area contributed by atoms with Gasteiger partial charge in [-0.05, 0) is 44.2 Å². The van der Waals surface area contributed by atoms with Crippen LogP contribution in [0.25, 0.3) is 11.1 Å². The highest BCUT2D eigenvalue weighted by Gasteiger charge is 2.22.